The van der Waals surface area contributed by atoms with Gasteiger partial charge in [-0.3, -0.25) is 4.98 Å². The first-order valence-electron chi connectivity index (χ1n) is 14.7. The molecule has 5 heteroatoms. The molecule has 223 valence electrons. The predicted molar refractivity (Wildman–Crippen MR) is 177 cm³/mol. The molecule has 3 aromatic carbocycles. The Bertz CT molecular complexity index is 2060. The van der Waals surface area contributed by atoms with Gasteiger partial charge < -0.3 is 14.4 Å². The molecule has 4 heterocycles. The van der Waals surface area contributed by atoms with Crippen LogP contribution < -0.4 is 0 Å². The molecule has 0 spiro atoms. The third kappa shape index (κ3) is 6.65. The van der Waals surface area contributed by atoms with Crippen LogP contribution in [0.25, 0.3) is 55.2 Å². The normalized spacial score (nSPS) is 11.3. The summed E-state index contributed by atoms with van der Waals surface area (Å²) in [6.45, 7) is 12.9. The molecule has 0 fully saturated rings. The van der Waals surface area contributed by atoms with E-state index in [2.05, 4.69) is 90.3 Å². The molecule has 0 aliphatic rings. The fourth-order valence-electron chi connectivity index (χ4n) is 5.55. The standard InChI is InChI=1S/C27H25N2O.C12H10N.Ir/c1-16-13-23-19(17(2)29-16)9-10-21-20-7-6-8-22(25(20)30-26(21)23)24-14-18(11-12-28-24)15-27(3,4)5;1-10-7-8-12(13-9-10)11-5-3-2-4-6-11;/h6-7,9-14H,15H2,1-5H3;2-5,7-9H,1H3;/q2*-1;. The van der Waals surface area contributed by atoms with Crippen molar-refractivity contribution in [3.8, 4) is 22.5 Å². The molecule has 0 saturated heterocycles. The van der Waals surface area contributed by atoms with Gasteiger partial charge in [0.1, 0.15) is 5.58 Å². The molecule has 0 atom stereocenters. The second-order valence-corrected chi connectivity index (χ2v) is 12.4. The Labute approximate surface area is 273 Å². The van der Waals surface area contributed by atoms with E-state index in [9.17, 15) is 0 Å². The molecule has 1 radical (unpaired) electrons. The summed E-state index contributed by atoms with van der Waals surface area (Å²) in [6.07, 6.45) is 4.75. The number of hydrogen-bond donors (Lipinski definition) is 0. The van der Waals surface area contributed by atoms with Crippen LogP contribution in [0.3, 0.4) is 0 Å². The maximum Gasteiger partial charge on any atom is 0.128 e. The Morgan fingerprint density at radius 1 is 0.727 bits per heavy atom. The van der Waals surface area contributed by atoms with E-state index in [1.807, 2.05) is 69.6 Å². The maximum atomic E-state index is 6.50. The van der Waals surface area contributed by atoms with E-state index < -0.39 is 0 Å². The van der Waals surface area contributed by atoms with Gasteiger partial charge in [-0.15, -0.1) is 54.1 Å². The monoisotopic (exact) mass is 754 g/mol. The van der Waals surface area contributed by atoms with Crippen molar-refractivity contribution >= 4 is 32.7 Å². The van der Waals surface area contributed by atoms with Crippen molar-refractivity contribution in [1.82, 2.24) is 15.0 Å². The third-order valence-electron chi connectivity index (χ3n) is 7.44. The van der Waals surface area contributed by atoms with E-state index >= 15 is 0 Å². The van der Waals surface area contributed by atoms with Crippen LogP contribution in [0.5, 0.6) is 0 Å². The number of fused-ring (bicyclic) bond motifs is 5. The molecule has 44 heavy (non-hydrogen) atoms. The molecule has 7 aromatic rings. The van der Waals surface area contributed by atoms with E-state index in [1.54, 1.807) is 0 Å². The van der Waals surface area contributed by atoms with E-state index in [0.29, 0.717) is 0 Å². The van der Waals surface area contributed by atoms with Gasteiger partial charge >= 0.3 is 0 Å². The first-order valence-corrected chi connectivity index (χ1v) is 14.7. The van der Waals surface area contributed by atoms with Crippen LogP contribution in [0, 0.1) is 38.3 Å². The van der Waals surface area contributed by atoms with Gasteiger partial charge in [-0.1, -0.05) is 67.6 Å². The molecular formula is C39H35IrN3O-2. The Morgan fingerprint density at radius 3 is 2.25 bits per heavy atom. The van der Waals surface area contributed by atoms with Gasteiger partial charge in [-0.2, -0.15) is 0 Å². The Kier molecular flexibility index (Phi) is 9.10. The van der Waals surface area contributed by atoms with Crippen LogP contribution >= 0.6 is 0 Å². The Balaban J connectivity index is 0.000000230. The summed E-state index contributed by atoms with van der Waals surface area (Å²) in [6, 6.07) is 33.2. The van der Waals surface area contributed by atoms with E-state index in [0.717, 1.165) is 73.0 Å². The molecule has 0 aliphatic heterocycles. The first kappa shape index (κ1) is 31.3. The summed E-state index contributed by atoms with van der Waals surface area (Å²) in [5.74, 6) is 0. The van der Waals surface area contributed by atoms with Crippen molar-refractivity contribution in [3.63, 3.8) is 0 Å². The third-order valence-corrected chi connectivity index (χ3v) is 7.44. The van der Waals surface area contributed by atoms with Crippen LogP contribution in [0.2, 0.25) is 0 Å². The molecule has 4 aromatic heterocycles. The molecule has 0 N–H and O–H groups in total. The summed E-state index contributed by atoms with van der Waals surface area (Å²) in [5.41, 5.74) is 10.3. The van der Waals surface area contributed by atoms with Gasteiger partial charge in [0, 0.05) is 60.0 Å². The molecule has 4 nitrogen and oxygen atoms in total. The largest absolute Gasteiger partial charge is 0.500 e. The Morgan fingerprint density at radius 2 is 1.52 bits per heavy atom. The summed E-state index contributed by atoms with van der Waals surface area (Å²) in [5, 5.41) is 4.44. The van der Waals surface area contributed by atoms with Gasteiger partial charge in [-0.25, -0.2) is 0 Å². The molecule has 0 bridgehead atoms. The fraction of sp³-hybridized carbons (Fsp3) is 0.205. The summed E-state index contributed by atoms with van der Waals surface area (Å²) in [4.78, 5) is 13.6. The molecule has 0 unspecified atom stereocenters. The summed E-state index contributed by atoms with van der Waals surface area (Å²) >= 11 is 0. The SMILES string of the molecule is Cc1cc2c(ccc3c4cc[c-]c(-c5cc(CC(C)(C)C)ccn5)c4oc23)c(C)n1.Cc1ccc(-c2[c-]cccc2)nc1.[Ir]. The smallest absolute Gasteiger partial charge is 0.128 e. The quantitative estimate of drug-likeness (QED) is 0.169. The number of benzene rings is 3. The minimum atomic E-state index is 0. The number of nitrogens with zero attached hydrogens (tertiary/aromatic N) is 3. The van der Waals surface area contributed by atoms with Crippen molar-refractivity contribution in [3.05, 3.63) is 126 Å². The van der Waals surface area contributed by atoms with Crippen LogP contribution in [-0.2, 0) is 26.5 Å². The number of rotatable bonds is 3. The van der Waals surface area contributed by atoms with Crippen LogP contribution in [0.4, 0.5) is 0 Å². The summed E-state index contributed by atoms with van der Waals surface area (Å²) in [7, 11) is 0. The first-order chi connectivity index (χ1) is 20.7. The van der Waals surface area contributed by atoms with Gasteiger partial charge in [-0.05, 0) is 61.7 Å². The number of aryl methyl sites for hydroxylation is 3. The van der Waals surface area contributed by atoms with Gasteiger partial charge in [0.2, 0.25) is 0 Å². The van der Waals surface area contributed by atoms with E-state index in [4.69, 9.17) is 4.42 Å². The molecule has 0 aliphatic carbocycles. The van der Waals surface area contributed by atoms with Crippen LogP contribution in [0.1, 0.15) is 43.3 Å². The van der Waals surface area contributed by atoms with Gasteiger partial charge in [0.05, 0.1) is 5.58 Å². The average molecular weight is 754 g/mol. The van der Waals surface area contributed by atoms with E-state index in [1.165, 1.54) is 11.1 Å². The zero-order chi connectivity index (χ0) is 30.1. The maximum absolute atomic E-state index is 6.50. The van der Waals surface area contributed by atoms with Crippen LogP contribution in [-0.4, -0.2) is 15.0 Å². The van der Waals surface area contributed by atoms with Crippen molar-refractivity contribution in [2.75, 3.05) is 0 Å². The molecular weight excluding hydrogens is 719 g/mol. The molecule has 0 saturated carbocycles. The molecule has 7 rings (SSSR count). The van der Waals surface area contributed by atoms with Crippen molar-refractivity contribution in [2.45, 2.75) is 48.0 Å². The fourth-order valence-corrected chi connectivity index (χ4v) is 5.55. The Hall–Kier alpha value is -4.18. The number of hydrogen-bond acceptors (Lipinski definition) is 4. The number of pyridine rings is 3. The van der Waals surface area contributed by atoms with Crippen LogP contribution in [0.15, 0.2) is 95.7 Å². The predicted octanol–water partition coefficient (Wildman–Crippen LogP) is 10.1. The zero-order valence-electron chi connectivity index (χ0n) is 26.0. The van der Waals surface area contributed by atoms with Gasteiger partial charge in [0.25, 0.3) is 0 Å². The minimum Gasteiger partial charge on any atom is -0.500 e. The van der Waals surface area contributed by atoms with Crippen molar-refractivity contribution in [2.24, 2.45) is 5.41 Å². The average Bonchev–Trinajstić information content (AvgIpc) is 3.37. The van der Waals surface area contributed by atoms with E-state index in [-0.39, 0.29) is 25.5 Å². The van der Waals surface area contributed by atoms with Crippen molar-refractivity contribution in [1.29, 1.82) is 0 Å². The van der Waals surface area contributed by atoms with Gasteiger partial charge in [0.15, 0.2) is 0 Å². The number of furan rings is 1. The second kappa shape index (κ2) is 12.8. The molecule has 0 amide bonds. The topological polar surface area (TPSA) is 51.8 Å². The minimum absolute atomic E-state index is 0. The van der Waals surface area contributed by atoms with Crippen molar-refractivity contribution < 1.29 is 24.5 Å². The second-order valence-electron chi connectivity index (χ2n) is 12.4. The number of aromatic nitrogens is 3. The summed E-state index contributed by atoms with van der Waals surface area (Å²) < 4.78 is 6.50. The zero-order valence-corrected chi connectivity index (χ0v) is 28.3.